The number of hydrogen-bond acceptors (Lipinski definition) is 5. The number of amides is 1. The molecule has 0 fully saturated rings. The van der Waals surface area contributed by atoms with E-state index in [2.05, 4.69) is 23.4 Å². The summed E-state index contributed by atoms with van der Waals surface area (Å²) in [5.74, 6) is 1.49. The average Bonchev–Trinajstić information content (AvgIpc) is 3.37. The van der Waals surface area contributed by atoms with Crippen LogP contribution in [0.2, 0.25) is 0 Å². The second kappa shape index (κ2) is 8.03. The van der Waals surface area contributed by atoms with E-state index >= 15 is 0 Å². The molecular formula is C22H26N2O3S. The number of furan rings is 1. The zero-order chi connectivity index (χ0) is 19.7. The molecule has 0 bridgehead atoms. The van der Waals surface area contributed by atoms with Gasteiger partial charge in [0.15, 0.2) is 10.9 Å². The Morgan fingerprint density at radius 2 is 1.75 bits per heavy atom. The number of anilines is 1. The summed E-state index contributed by atoms with van der Waals surface area (Å²) in [6, 6.07) is 4.39. The van der Waals surface area contributed by atoms with Gasteiger partial charge in [0.05, 0.1) is 11.3 Å². The molecule has 1 aromatic heterocycles. The smallest absolute Gasteiger partial charge is 0.204 e. The van der Waals surface area contributed by atoms with Crippen molar-refractivity contribution in [3.63, 3.8) is 0 Å². The minimum Gasteiger partial charge on any atom is -0.452 e. The highest BCUT2D eigenvalue weighted by molar-refractivity contribution is 8.00. The van der Waals surface area contributed by atoms with Gasteiger partial charge in [0, 0.05) is 30.9 Å². The van der Waals surface area contributed by atoms with Gasteiger partial charge in [-0.2, -0.15) is 0 Å². The van der Waals surface area contributed by atoms with Gasteiger partial charge in [0.25, 0.3) is 0 Å². The Morgan fingerprint density at radius 3 is 2.39 bits per heavy atom. The molecule has 3 aliphatic carbocycles. The summed E-state index contributed by atoms with van der Waals surface area (Å²) in [5, 5.41) is 0.815. The largest absolute Gasteiger partial charge is 0.452 e. The number of carbonyl (C=O) groups excluding carboxylic acids is 2. The fourth-order valence-corrected chi connectivity index (χ4v) is 5.47. The molecule has 3 aliphatic rings. The fourth-order valence-electron chi connectivity index (χ4n) is 4.70. The zero-order valence-corrected chi connectivity index (χ0v) is 17.0. The summed E-state index contributed by atoms with van der Waals surface area (Å²) in [6.45, 7) is 2.12. The van der Waals surface area contributed by atoms with E-state index in [1.54, 1.807) is 0 Å². The molecule has 148 valence electrons. The Morgan fingerprint density at radius 1 is 1.11 bits per heavy atom. The number of hydrogen-bond donors (Lipinski definition) is 2. The number of ketones is 1. The van der Waals surface area contributed by atoms with Crippen molar-refractivity contribution < 1.29 is 14.0 Å². The molecule has 0 saturated carbocycles. The summed E-state index contributed by atoms with van der Waals surface area (Å²) in [4.78, 5) is 20.8. The van der Waals surface area contributed by atoms with Gasteiger partial charge in [0.2, 0.25) is 6.41 Å². The van der Waals surface area contributed by atoms with E-state index in [-0.39, 0.29) is 12.2 Å². The maximum absolute atomic E-state index is 12.2. The van der Waals surface area contributed by atoms with Crippen LogP contribution >= 0.6 is 11.9 Å². The molecule has 0 saturated heterocycles. The number of nitrogens with one attached hydrogen (secondary N) is 1. The lowest BCUT2D eigenvalue weighted by Gasteiger charge is -2.15. The van der Waals surface area contributed by atoms with Crippen molar-refractivity contribution in [3.8, 4) is 0 Å². The highest BCUT2D eigenvalue weighted by atomic mass is 32.2. The predicted octanol–water partition coefficient (Wildman–Crippen LogP) is 4.24. The monoisotopic (exact) mass is 398 g/mol. The van der Waals surface area contributed by atoms with Crippen molar-refractivity contribution in [2.24, 2.45) is 11.7 Å². The first-order chi connectivity index (χ1) is 13.6. The molecule has 2 aromatic rings. The normalized spacial score (nSPS) is 19.3. The highest BCUT2D eigenvalue weighted by Crippen LogP contribution is 2.41. The number of fused-ring (bicyclic) bond motifs is 3. The maximum Gasteiger partial charge on any atom is 0.204 e. The van der Waals surface area contributed by atoms with E-state index in [1.807, 2.05) is 6.07 Å². The van der Waals surface area contributed by atoms with Crippen LogP contribution in [0.5, 0.6) is 0 Å². The first-order valence-corrected chi connectivity index (χ1v) is 10.8. The van der Waals surface area contributed by atoms with Gasteiger partial charge in [-0.05, 0) is 66.7 Å². The van der Waals surface area contributed by atoms with Crippen molar-refractivity contribution in [1.29, 1.82) is 0 Å². The molecule has 0 aliphatic heterocycles. The summed E-state index contributed by atoms with van der Waals surface area (Å²) in [6.07, 6.45) is 9.07. The molecule has 1 aromatic carbocycles. The molecular weight excluding hydrogens is 372 g/mol. The Labute approximate surface area is 169 Å². The van der Waals surface area contributed by atoms with E-state index in [9.17, 15) is 4.79 Å². The molecule has 0 spiro atoms. The van der Waals surface area contributed by atoms with E-state index in [1.165, 1.54) is 78.4 Å². The number of Topliss-reactive ketones (excluding diaryl/α,β-unsaturated/α-hetero) is 1. The van der Waals surface area contributed by atoms with Crippen molar-refractivity contribution in [2.45, 2.75) is 63.4 Å². The van der Waals surface area contributed by atoms with Gasteiger partial charge < -0.3 is 14.9 Å². The predicted molar refractivity (Wildman–Crippen MR) is 111 cm³/mol. The summed E-state index contributed by atoms with van der Waals surface area (Å²) in [5.41, 5.74) is 12.4. The molecule has 1 unspecified atom stereocenters. The van der Waals surface area contributed by atoms with E-state index in [0.717, 1.165) is 22.8 Å². The fraction of sp³-hybridized carbons (Fsp3) is 0.455. The first-order valence-electron chi connectivity index (χ1n) is 10.0. The van der Waals surface area contributed by atoms with Crippen LogP contribution in [0.15, 0.2) is 21.6 Å². The van der Waals surface area contributed by atoms with Gasteiger partial charge in [-0.3, -0.25) is 9.59 Å². The number of carbonyl (C=O) groups is 2. The third-order valence-electron chi connectivity index (χ3n) is 5.88. The van der Waals surface area contributed by atoms with Crippen LogP contribution in [0.1, 0.15) is 64.6 Å². The molecule has 1 amide bonds. The number of primary amides is 1. The Kier molecular flexibility index (Phi) is 5.49. The van der Waals surface area contributed by atoms with E-state index in [0.29, 0.717) is 12.3 Å². The van der Waals surface area contributed by atoms with E-state index in [4.69, 9.17) is 9.21 Å². The second-order valence-corrected chi connectivity index (χ2v) is 8.72. The summed E-state index contributed by atoms with van der Waals surface area (Å²) >= 11 is 1.53. The third kappa shape index (κ3) is 3.58. The number of nitrogens with two attached hydrogens (primary N) is 1. The van der Waals surface area contributed by atoms with Gasteiger partial charge in [0.1, 0.15) is 5.76 Å². The molecule has 5 rings (SSSR count). The Hall–Kier alpha value is -2.21. The van der Waals surface area contributed by atoms with Crippen LogP contribution in [0.3, 0.4) is 0 Å². The molecule has 5 nitrogen and oxygen atoms in total. The van der Waals surface area contributed by atoms with E-state index < -0.39 is 0 Å². The standard InChI is InChI=1S/C21H23NO2S.CH3NO/c1-12-8-18(23)17-11-20(24-19(17)9-12)25-22-21-15-6-2-4-13(15)10-14-5-3-7-16(14)21;2-1-3/h10-12,22H,2-9H2,1H3;1H,(H2,2,3). The summed E-state index contributed by atoms with van der Waals surface area (Å²) < 4.78 is 9.60. The van der Waals surface area contributed by atoms with Crippen molar-refractivity contribution in [3.05, 3.63) is 45.7 Å². The quantitative estimate of drug-likeness (QED) is 0.597. The topological polar surface area (TPSA) is 85.3 Å². The van der Waals surface area contributed by atoms with Crippen LogP contribution in [-0.2, 0) is 36.9 Å². The minimum absolute atomic E-state index is 0.228. The lowest BCUT2D eigenvalue weighted by atomic mass is 9.89. The van der Waals surface area contributed by atoms with Crippen molar-refractivity contribution in [2.75, 3.05) is 4.72 Å². The van der Waals surface area contributed by atoms with Gasteiger partial charge in [-0.15, -0.1) is 0 Å². The Balaban J connectivity index is 0.000000604. The maximum atomic E-state index is 12.2. The van der Waals surface area contributed by atoms with Gasteiger partial charge in [-0.1, -0.05) is 13.0 Å². The number of rotatable bonds is 3. The SMILES string of the molecule is CC1CC(=O)c2cc(SNc3c4c(cc5c3CCC5)CCC4)oc2C1.NC=O. The number of aryl methyl sites for hydroxylation is 2. The molecule has 1 heterocycles. The molecule has 28 heavy (non-hydrogen) atoms. The first kappa shape index (κ1) is 19.1. The molecule has 6 heteroatoms. The van der Waals surface area contributed by atoms with Crippen LogP contribution < -0.4 is 10.5 Å². The highest BCUT2D eigenvalue weighted by Gasteiger charge is 2.28. The van der Waals surface area contributed by atoms with Gasteiger partial charge in [-0.25, -0.2) is 0 Å². The Bertz CT molecular complexity index is 887. The van der Waals surface area contributed by atoms with Crippen LogP contribution in [0.4, 0.5) is 5.69 Å². The van der Waals surface area contributed by atoms with Crippen LogP contribution in [-0.4, -0.2) is 12.2 Å². The third-order valence-corrected chi connectivity index (χ3v) is 6.59. The molecule has 3 N–H and O–H groups in total. The summed E-state index contributed by atoms with van der Waals surface area (Å²) in [7, 11) is 0. The average molecular weight is 399 g/mol. The molecule has 0 radical (unpaired) electrons. The van der Waals surface area contributed by atoms with Gasteiger partial charge >= 0.3 is 0 Å². The lowest BCUT2D eigenvalue weighted by molar-refractivity contribution is -0.106. The lowest BCUT2D eigenvalue weighted by Crippen LogP contribution is -2.15. The van der Waals surface area contributed by atoms with Crippen LogP contribution in [0.25, 0.3) is 0 Å². The number of benzene rings is 1. The molecule has 1 atom stereocenters. The van der Waals surface area contributed by atoms with Crippen molar-refractivity contribution in [1.82, 2.24) is 0 Å². The van der Waals surface area contributed by atoms with Crippen LogP contribution in [0, 0.1) is 5.92 Å². The minimum atomic E-state index is 0.228. The van der Waals surface area contributed by atoms with Crippen molar-refractivity contribution >= 4 is 29.8 Å². The second-order valence-electron chi connectivity index (χ2n) is 7.91. The zero-order valence-electron chi connectivity index (χ0n) is 16.2.